The Morgan fingerprint density at radius 2 is 0.824 bits per heavy atom. The second kappa shape index (κ2) is 10.6. The van der Waals surface area contributed by atoms with Crippen molar-refractivity contribution in [2.24, 2.45) is 10.2 Å². The van der Waals surface area contributed by atoms with Gasteiger partial charge in [-0.25, -0.2) is 9.35 Å². The highest BCUT2D eigenvalue weighted by molar-refractivity contribution is 6.03. The fourth-order valence-electron chi connectivity index (χ4n) is 4.29. The van der Waals surface area contributed by atoms with Crippen LogP contribution < -0.4 is 0 Å². The zero-order valence-electron chi connectivity index (χ0n) is 22.7. The molecule has 4 nitrogen and oxygen atoms in total. The van der Waals surface area contributed by atoms with Gasteiger partial charge in [0.05, 0.1) is 11.4 Å². The molecule has 0 aliphatic rings. The van der Waals surface area contributed by atoms with Crippen molar-refractivity contribution < 1.29 is 0 Å². The van der Waals surface area contributed by atoms with Crippen LogP contribution in [-0.2, 0) is 0 Å². The first-order valence-electron chi connectivity index (χ1n) is 12.7. The fourth-order valence-corrected chi connectivity index (χ4v) is 4.29. The molecule has 3 rings (SSSR count). The summed E-state index contributed by atoms with van der Waals surface area (Å²) in [5.41, 5.74) is 9.21. The highest BCUT2D eigenvalue weighted by Gasteiger charge is 2.15. The summed E-state index contributed by atoms with van der Waals surface area (Å²) in [7, 11) is 0. The monoisotopic (exact) mass is 458 g/mol. The summed E-state index contributed by atoms with van der Waals surface area (Å²) in [5, 5.41) is 10.1. The van der Waals surface area contributed by atoms with E-state index in [1.54, 1.807) is 0 Å². The van der Waals surface area contributed by atoms with Gasteiger partial charge in [-0.1, -0.05) is 73.6 Å². The van der Waals surface area contributed by atoms with Crippen LogP contribution in [0.4, 0.5) is 0 Å². The number of nitrogens with zero attached hydrogens (tertiary/aromatic N) is 4. The first-order valence-corrected chi connectivity index (χ1v) is 12.7. The van der Waals surface area contributed by atoms with Gasteiger partial charge in [0.2, 0.25) is 0 Å². The van der Waals surface area contributed by atoms with Gasteiger partial charge in [-0.15, -0.1) is 0 Å². The Labute approximate surface area is 206 Å². The Hall–Kier alpha value is -2.88. The van der Waals surface area contributed by atoms with Crippen LogP contribution in [0.5, 0.6) is 0 Å². The maximum Gasteiger partial charge on any atom is 0.0655 e. The molecule has 0 N–H and O–H groups in total. The van der Waals surface area contributed by atoms with E-state index in [2.05, 4.69) is 127 Å². The van der Waals surface area contributed by atoms with E-state index in [1.165, 1.54) is 22.8 Å². The average Bonchev–Trinajstić information content (AvgIpc) is 3.38. The van der Waals surface area contributed by atoms with Crippen molar-refractivity contribution >= 4 is 11.4 Å². The number of aromatic nitrogens is 2. The number of benzene rings is 1. The molecule has 0 aliphatic heterocycles. The molecule has 0 radical (unpaired) electrons. The van der Waals surface area contributed by atoms with E-state index in [0.717, 1.165) is 22.6 Å². The third-order valence-corrected chi connectivity index (χ3v) is 6.39. The van der Waals surface area contributed by atoms with Gasteiger partial charge < -0.3 is 0 Å². The van der Waals surface area contributed by atoms with Crippen molar-refractivity contribution in [2.45, 2.75) is 92.9 Å². The molecule has 1 aromatic carbocycles. The summed E-state index contributed by atoms with van der Waals surface area (Å²) in [6, 6.07) is 17.4. The molecule has 4 heteroatoms. The molecule has 0 bridgehead atoms. The van der Waals surface area contributed by atoms with E-state index in [1.807, 2.05) is 0 Å². The van der Waals surface area contributed by atoms with Crippen molar-refractivity contribution in [1.29, 1.82) is 0 Å². The largest absolute Gasteiger partial charge is 0.241 e. The standard InChI is InChI=1S/C30H42N4/c1-19(2)27-14-15-28(20(3)4)33(27)31-23(9)25-12-11-13-26(18-25)24(10)32-34-29(21(5)6)16-17-30(34)22(7)8/h11-22H,1-10H3/b31-23+,32-24+. The number of rotatable bonds is 8. The lowest BCUT2D eigenvalue weighted by molar-refractivity contribution is 0.665. The molecule has 2 aromatic heterocycles. The molecule has 0 amide bonds. The molecule has 0 atom stereocenters. The van der Waals surface area contributed by atoms with Gasteiger partial charge in [0.1, 0.15) is 0 Å². The molecule has 182 valence electrons. The first kappa shape index (κ1) is 25.7. The summed E-state index contributed by atoms with van der Waals surface area (Å²) in [6.45, 7) is 22.0. The van der Waals surface area contributed by atoms with E-state index < -0.39 is 0 Å². The van der Waals surface area contributed by atoms with E-state index in [0.29, 0.717) is 23.7 Å². The molecule has 2 heterocycles. The summed E-state index contributed by atoms with van der Waals surface area (Å²) in [5.74, 6) is 1.65. The summed E-state index contributed by atoms with van der Waals surface area (Å²) in [6.07, 6.45) is 0. The Morgan fingerprint density at radius 1 is 0.529 bits per heavy atom. The molecule has 0 spiro atoms. The molecular weight excluding hydrogens is 416 g/mol. The van der Waals surface area contributed by atoms with Crippen LogP contribution in [0, 0.1) is 0 Å². The van der Waals surface area contributed by atoms with E-state index in [9.17, 15) is 0 Å². The Morgan fingerprint density at radius 3 is 1.09 bits per heavy atom. The quantitative estimate of drug-likeness (QED) is 0.304. The summed E-state index contributed by atoms with van der Waals surface area (Å²) < 4.78 is 4.28. The highest BCUT2D eigenvalue weighted by atomic mass is 15.4. The zero-order chi connectivity index (χ0) is 25.2. The van der Waals surface area contributed by atoms with E-state index >= 15 is 0 Å². The topological polar surface area (TPSA) is 34.6 Å². The summed E-state index contributed by atoms with van der Waals surface area (Å²) in [4.78, 5) is 0. The minimum atomic E-state index is 0.414. The Bertz CT molecular complexity index is 1040. The second-order valence-corrected chi connectivity index (χ2v) is 10.6. The first-order chi connectivity index (χ1) is 16.0. The SMILES string of the molecule is C/C(=N\n1c(C(C)C)ccc1C(C)C)c1cccc(/C(C)=N/n2c(C(C)C)ccc2C(C)C)c1. The van der Waals surface area contributed by atoms with Crippen LogP contribution in [0.2, 0.25) is 0 Å². The molecule has 34 heavy (non-hydrogen) atoms. The second-order valence-electron chi connectivity index (χ2n) is 10.6. The van der Waals surface area contributed by atoms with Crippen molar-refractivity contribution in [1.82, 2.24) is 9.35 Å². The normalized spacial score (nSPS) is 13.2. The molecule has 0 aliphatic carbocycles. The molecule has 0 unspecified atom stereocenters. The smallest absolute Gasteiger partial charge is 0.0655 e. The predicted octanol–water partition coefficient (Wildman–Crippen LogP) is 8.33. The lowest BCUT2D eigenvalue weighted by atomic mass is 10.0. The van der Waals surface area contributed by atoms with Gasteiger partial charge in [-0.05, 0) is 79.0 Å². The van der Waals surface area contributed by atoms with Gasteiger partial charge >= 0.3 is 0 Å². The van der Waals surface area contributed by atoms with Crippen LogP contribution in [-0.4, -0.2) is 20.8 Å². The van der Waals surface area contributed by atoms with Crippen LogP contribution in [0.25, 0.3) is 0 Å². The lowest BCUT2D eigenvalue weighted by Gasteiger charge is -2.15. The van der Waals surface area contributed by atoms with Gasteiger partial charge in [0, 0.05) is 22.8 Å². The number of hydrogen-bond acceptors (Lipinski definition) is 2. The van der Waals surface area contributed by atoms with Crippen LogP contribution in [0.1, 0.15) is 127 Å². The Kier molecular flexibility index (Phi) is 8.01. The minimum absolute atomic E-state index is 0.414. The van der Waals surface area contributed by atoms with Crippen LogP contribution >= 0.6 is 0 Å². The van der Waals surface area contributed by atoms with Gasteiger partial charge in [0.25, 0.3) is 0 Å². The zero-order valence-corrected chi connectivity index (χ0v) is 22.7. The molecule has 0 saturated heterocycles. The maximum absolute atomic E-state index is 5.07. The Balaban J connectivity index is 2.03. The van der Waals surface area contributed by atoms with Gasteiger partial charge in [-0.2, -0.15) is 10.2 Å². The van der Waals surface area contributed by atoms with Gasteiger partial charge in [0.15, 0.2) is 0 Å². The number of hydrogen-bond donors (Lipinski definition) is 0. The molecular formula is C30H42N4. The van der Waals surface area contributed by atoms with E-state index in [-0.39, 0.29) is 0 Å². The molecule has 0 saturated carbocycles. The van der Waals surface area contributed by atoms with Crippen molar-refractivity contribution in [3.05, 3.63) is 82.4 Å². The molecule has 0 fully saturated rings. The minimum Gasteiger partial charge on any atom is -0.241 e. The maximum atomic E-state index is 5.07. The predicted molar refractivity (Wildman–Crippen MR) is 147 cm³/mol. The van der Waals surface area contributed by atoms with Crippen molar-refractivity contribution in [3.8, 4) is 0 Å². The highest BCUT2D eigenvalue weighted by Crippen LogP contribution is 2.26. The third-order valence-electron chi connectivity index (χ3n) is 6.39. The molecule has 3 aromatic rings. The van der Waals surface area contributed by atoms with Crippen LogP contribution in [0.15, 0.2) is 58.7 Å². The third kappa shape index (κ3) is 5.43. The van der Waals surface area contributed by atoms with Crippen molar-refractivity contribution in [3.63, 3.8) is 0 Å². The van der Waals surface area contributed by atoms with Gasteiger partial charge in [-0.3, -0.25) is 0 Å². The van der Waals surface area contributed by atoms with E-state index in [4.69, 9.17) is 10.2 Å². The van der Waals surface area contributed by atoms with Crippen molar-refractivity contribution in [2.75, 3.05) is 0 Å². The average molecular weight is 459 g/mol. The summed E-state index contributed by atoms with van der Waals surface area (Å²) >= 11 is 0. The lowest BCUT2D eigenvalue weighted by Crippen LogP contribution is -2.10. The van der Waals surface area contributed by atoms with Crippen LogP contribution in [0.3, 0.4) is 0 Å². The fraction of sp³-hybridized carbons (Fsp3) is 0.467.